The predicted molar refractivity (Wildman–Crippen MR) is 122 cm³/mol. The lowest BCUT2D eigenvalue weighted by Gasteiger charge is -2.34. The van der Waals surface area contributed by atoms with Crippen molar-refractivity contribution >= 4 is 10.0 Å². The highest BCUT2D eigenvalue weighted by Crippen LogP contribution is 2.31. The molecule has 1 heterocycles. The standard InChI is InChI=1S/C25H27NO5S/c1-30-24-9-5-6-10-25(24)32(28,29)26-15-22-13-20(16-27)11-12-21(22)17-31-18-23(26)14-19-7-3-2-4-8-19/h2-13,23,27H,14-18H2,1H3. The van der Waals surface area contributed by atoms with Gasteiger partial charge in [-0.1, -0.05) is 60.7 Å². The Bertz CT molecular complexity index is 1160. The molecule has 0 amide bonds. The number of aliphatic hydroxyl groups is 1. The second kappa shape index (κ2) is 9.83. The fourth-order valence-corrected chi connectivity index (χ4v) is 5.78. The Balaban J connectivity index is 1.80. The van der Waals surface area contributed by atoms with Crippen molar-refractivity contribution in [2.75, 3.05) is 13.7 Å². The van der Waals surface area contributed by atoms with Crippen molar-refractivity contribution in [3.63, 3.8) is 0 Å². The lowest BCUT2D eigenvalue weighted by atomic mass is 10.0. The van der Waals surface area contributed by atoms with Crippen LogP contribution in [-0.2, 0) is 40.9 Å². The maximum atomic E-state index is 13.9. The third-order valence-corrected chi connectivity index (χ3v) is 7.66. The van der Waals surface area contributed by atoms with Gasteiger partial charge in [-0.05, 0) is 40.8 Å². The van der Waals surface area contributed by atoms with Crippen LogP contribution in [0.3, 0.4) is 0 Å². The summed E-state index contributed by atoms with van der Waals surface area (Å²) in [6.45, 7) is 0.741. The van der Waals surface area contributed by atoms with E-state index in [1.54, 1.807) is 24.3 Å². The molecule has 1 N–H and O–H groups in total. The molecule has 1 aliphatic heterocycles. The molecular weight excluding hydrogens is 426 g/mol. The van der Waals surface area contributed by atoms with E-state index in [1.165, 1.54) is 11.4 Å². The van der Waals surface area contributed by atoms with E-state index in [0.29, 0.717) is 18.8 Å². The number of methoxy groups -OCH3 is 1. The van der Waals surface area contributed by atoms with Crippen molar-refractivity contribution in [2.24, 2.45) is 0 Å². The van der Waals surface area contributed by atoms with Crippen LogP contribution < -0.4 is 4.74 Å². The molecule has 1 atom stereocenters. The largest absolute Gasteiger partial charge is 0.495 e. The van der Waals surface area contributed by atoms with Crippen molar-refractivity contribution in [3.05, 3.63) is 95.1 Å². The second-order valence-corrected chi connectivity index (χ2v) is 9.68. The smallest absolute Gasteiger partial charge is 0.247 e. The lowest BCUT2D eigenvalue weighted by Crippen LogP contribution is -2.45. The van der Waals surface area contributed by atoms with Crippen LogP contribution >= 0.6 is 0 Å². The fourth-order valence-electron chi connectivity index (χ4n) is 4.04. The Morgan fingerprint density at radius 1 is 1.00 bits per heavy atom. The number of fused-ring (bicyclic) bond motifs is 1. The summed E-state index contributed by atoms with van der Waals surface area (Å²) in [6, 6.07) is 21.7. The summed E-state index contributed by atoms with van der Waals surface area (Å²) in [5, 5.41) is 9.60. The SMILES string of the molecule is COc1ccccc1S(=O)(=O)N1Cc2cc(CO)ccc2COCC1Cc1ccccc1. The molecule has 168 valence electrons. The van der Waals surface area contributed by atoms with Gasteiger partial charge in [0.2, 0.25) is 10.0 Å². The summed E-state index contributed by atoms with van der Waals surface area (Å²) in [5.41, 5.74) is 3.51. The number of hydrogen-bond acceptors (Lipinski definition) is 5. The normalized spacial score (nSPS) is 17.2. The van der Waals surface area contributed by atoms with Crippen molar-refractivity contribution in [2.45, 2.75) is 37.1 Å². The number of hydrogen-bond donors (Lipinski definition) is 1. The van der Waals surface area contributed by atoms with E-state index in [0.717, 1.165) is 22.3 Å². The zero-order valence-electron chi connectivity index (χ0n) is 18.0. The van der Waals surface area contributed by atoms with Crippen LogP contribution in [0.15, 0.2) is 77.7 Å². The summed E-state index contributed by atoms with van der Waals surface area (Å²) >= 11 is 0. The Morgan fingerprint density at radius 2 is 1.75 bits per heavy atom. The molecule has 4 rings (SSSR count). The third-order valence-electron chi connectivity index (χ3n) is 5.72. The van der Waals surface area contributed by atoms with E-state index in [-0.39, 0.29) is 24.7 Å². The molecule has 0 aromatic heterocycles. The van der Waals surface area contributed by atoms with Gasteiger partial charge < -0.3 is 14.6 Å². The third kappa shape index (κ3) is 4.71. The van der Waals surface area contributed by atoms with Crippen LogP contribution in [0, 0.1) is 0 Å². The topological polar surface area (TPSA) is 76.1 Å². The first-order valence-corrected chi connectivity index (χ1v) is 11.9. The van der Waals surface area contributed by atoms with Gasteiger partial charge in [-0.3, -0.25) is 0 Å². The van der Waals surface area contributed by atoms with Crippen molar-refractivity contribution in [1.82, 2.24) is 4.31 Å². The summed E-state index contributed by atoms with van der Waals surface area (Å²) < 4.78 is 40.7. The maximum absolute atomic E-state index is 13.9. The first-order chi connectivity index (χ1) is 15.5. The van der Waals surface area contributed by atoms with Crippen LogP contribution in [0.5, 0.6) is 5.75 Å². The van der Waals surface area contributed by atoms with Gasteiger partial charge in [-0.2, -0.15) is 4.31 Å². The number of para-hydroxylation sites is 1. The lowest BCUT2D eigenvalue weighted by molar-refractivity contribution is 0.0672. The van der Waals surface area contributed by atoms with E-state index in [4.69, 9.17) is 9.47 Å². The van der Waals surface area contributed by atoms with Gasteiger partial charge in [-0.25, -0.2) is 8.42 Å². The summed E-state index contributed by atoms with van der Waals surface area (Å²) in [6.07, 6.45) is 0.518. The Hall–Kier alpha value is -2.71. The number of benzene rings is 3. The van der Waals surface area contributed by atoms with Gasteiger partial charge in [0.1, 0.15) is 10.6 Å². The van der Waals surface area contributed by atoms with Gasteiger partial charge >= 0.3 is 0 Å². The summed E-state index contributed by atoms with van der Waals surface area (Å²) in [5.74, 6) is 0.304. The van der Waals surface area contributed by atoms with E-state index < -0.39 is 16.1 Å². The Kier molecular flexibility index (Phi) is 6.91. The first kappa shape index (κ1) is 22.5. The van der Waals surface area contributed by atoms with E-state index in [1.807, 2.05) is 48.5 Å². The minimum absolute atomic E-state index is 0.110. The average Bonchev–Trinajstić information content (AvgIpc) is 2.81. The molecule has 1 unspecified atom stereocenters. The summed E-state index contributed by atoms with van der Waals surface area (Å²) in [4.78, 5) is 0.126. The summed E-state index contributed by atoms with van der Waals surface area (Å²) in [7, 11) is -2.44. The van der Waals surface area contributed by atoms with E-state index in [2.05, 4.69) is 0 Å². The highest BCUT2D eigenvalue weighted by Gasteiger charge is 2.35. The molecule has 0 spiro atoms. The molecular formula is C25H27NO5S. The maximum Gasteiger partial charge on any atom is 0.247 e. The molecule has 0 saturated heterocycles. The Morgan fingerprint density at radius 3 is 2.50 bits per heavy atom. The van der Waals surface area contributed by atoms with Crippen LogP contribution in [0.2, 0.25) is 0 Å². The second-order valence-electron chi connectivity index (χ2n) is 7.82. The van der Waals surface area contributed by atoms with E-state index >= 15 is 0 Å². The number of rotatable bonds is 6. The zero-order valence-corrected chi connectivity index (χ0v) is 18.8. The molecule has 3 aromatic carbocycles. The van der Waals surface area contributed by atoms with Crippen molar-refractivity contribution in [1.29, 1.82) is 0 Å². The van der Waals surface area contributed by atoms with E-state index in [9.17, 15) is 13.5 Å². The zero-order chi connectivity index (χ0) is 22.6. The molecule has 1 aliphatic rings. The van der Waals surface area contributed by atoms with Gasteiger partial charge in [0.05, 0.1) is 33.0 Å². The van der Waals surface area contributed by atoms with Gasteiger partial charge in [0.25, 0.3) is 0 Å². The highest BCUT2D eigenvalue weighted by atomic mass is 32.2. The predicted octanol–water partition coefficient (Wildman–Crippen LogP) is 3.52. The molecule has 0 aliphatic carbocycles. The molecule has 0 fully saturated rings. The van der Waals surface area contributed by atoms with Crippen molar-refractivity contribution in [3.8, 4) is 5.75 Å². The molecule has 3 aromatic rings. The van der Waals surface area contributed by atoms with Gasteiger partial charge in [0, 0.05) is 6.54 Å². The highest BCUT2D eigenvalue weighted by molar-refractivity contribution is 7.89. The monoisotopic (exact) mass is 453 g/mol. The molecule has 0 saturated carbocycles. The molecule has 6 nitrogen and oxygen atoms in total. The quantitative estimate of drug-likeness (QED) is 0.618. The van der Waals surface area contributed by atoms with Gasteiger partial charge in [-0.15, -0.1) is 0 Å². The fraction of sp³-hybridized carbons (Fsp3) is 0.280. The van der Waals surface area contributed by atoms with Crippen LogP contribution in [-0.4, -0.2) is 37.6 Å². The number of sulfonamides is 1. The number of ether oxygens (including phenoxy) is 2. The Labute approximate surface area is 189 Å². The number of nitrogens with zero attached hydrogens (tertiary/aromatic N) is 1. The van der Waals surface area contributed by atoms with Crippen LogP contribution in [0.1, 0.15) is 22.3 Å². The molecule has 0 bridgehead atoms. The van der Waals surface area contributed by atoms with Crippen LogP contribution in [0.4, 0.5) is 0 Å². The van der Waals surface area contributed by atoms with Crippen molar-refractivity contribution < 1.29 is 23.0 Å². The van der Waals surface area contributed by atoms with Gasteiger partial charge in [0.15, 0.2) is 0 Å². The molecule has 0 radical (unpaired) electrons. The molecule has 7 heteroatoms. The minimum Gasteiger partial charge on any atom is -0.495 e. The van der Waals surface area contributed by atoms with Crippen LogP contribution in [0.25, 0.3) is 0 Å². The minimum atomic E-state index is -3.91. The molecule has 32 heavy (non-hydrogen) atoms. The first-order valence-electron chi connectivity index (χ1n) is 10.5. The average molecular weight is 454 g/mol. The number of aliphatic hydroxyl groups excluding tert-OH is 1.